The minimum absolute atomic E-state index is 0. The van der Waals surface area contributed by atoms with Crippen LogP contribution in [-0.4, -0.2) is 23.9 Å². The second-order valence-corrected chi connectivity index (χ2v) is 6.37. The normalized spacial score (nSPS) is 11.1. The average molecular weight is 485 g/mol. The topological polar surface area (TPSA) is 91.5 Å². The van der Waals surface area contributed by atoms with Crippen LogP contribution in [0.1, 0.15) is 36.8 Å². The van der Waals surface area contributed by atoms with Crippen molar-refractivity contribution in [3.05, 3.63) is 47.2 Å². The van der Waals surface area contributed by atoms with Gasteiger partial charge in [-0.15, -0.1) is 24.0 Å². The van der Waals surface area contributed by atoms with E-state index in [0.717, 1.165) is 22.7 Å². The SMILES string of the molecule is CN=C(NCc1ccc(NC(=O)C(C)C)cc1)NCc1nc(C)c(C)o1.I. The van der Waals surface area contributed by atoms with Crippen LogP contribution in [0.3, 0.4) is 0 Å². The Balaban J connectivity index is 0.00000364. The van der Waals surface area contributed by atoms with E-state index in [4.69, 9.17) is 4.42 Å². The largest absolute Gasteiger partial charge is 0.444 e. The third-order valence-corrected chi connectivity index (χ3v) is 3.91. The number of halogens is 1. The molecule has 0 atom stereocenters. The summed E-state index contributed by atoms with van der Waals surface area (Å²) in [5, 5.41) is 9.29. The Hall–Kier alpha value is -2.10. The first kappa shape index (κ1) is 22.9. The number of guanidine groups is 1. The Morgan fingerprint density at radius 3 is 2.30 bits per heavy atom. The van der Waals surface area contributed by atoms with Crippen molar-refractivity contribution in [2.45, 2.75) is 40.8 Å². The first-order valence-corrected chi connectivity index (χ1v) is 8.66. The Labute approximate surface area is 177 Å². The third-order valence-electron chi connectivity index (χ3n) is 3.91. The lowest BCUT2D eigenvalue weighted by atomic mass is 10.1. The van der Waals surface area contributed by atoms with Crippen LogP contribution < -0.4 is 16.0 Å². The fourth-order valence-corrected chi connectivity index (χ4v) is 2.17. The molecule has 3 N–H and O–H groups in total. The van der Waals surface area contributed by atoms with Gasteiger partial charge in [0.05, 0.1) is 12.2 Å². The van der Waals surface area contributed by atoms with Crippen molar-refractivity contribution >= 4 is 41.5 Å². The fourth-order valence-electron chi connectivity index (χ4n) is 2.17. The maximum Gasteiger partial charge on any atom is 0.226 e. The van der Waals surface area contributed by atoms with E-state index in [1.54, 1.807) is 7.05 Å². The number of aryl methyl sites for hydroxylation is 2. The molecule has 0 spiro atoms. The Kier molecular flexibility index (Phi) is 9.27. The highest BCUT2D eigenvalue weighted by Gasteiger charge is 2.08. The number of amides is 1. The van der Waals surface area contributed by atoms with Gasteiger partial charge in [0.2, 0.25) is 11.8 Å². The molecule has 148 valence electrons. The minimum Gasteiger partial charge on any atom is -0.444 e. The molecule has 1 amide bonds. The molecule has 0 aliphatic heterocycles. The molecule has 1 heterocycles. The number of nitrogens with zero attached hydrogens (tertiary/aromatic N) is 2. The van der Waals surface area contributed by atoms with Crippen molar-refractivity contribution in [3.63, 3.8) is 0 Å². The lowest BCUT2D eigenvalue weighted by Crippen LogP contribution is -2.36. The highest BCUT2D eigenvalue weighted by atomic mass is 127. The highest BCUT2D eigenvalue weighted by molar-refractivity contribution is 14.0. The van der Waals surface area contributed by atoms with E-state index in [1.165, 1.54) is 0 Å². The molecule has 8 heteroatoms. The summed E-state index contributed by atoms with van der Waals surface area (Å²) in [7, 11) is 1.71. The van der Waals surface area contributed by atoms with Crippen LogP contribution in [-0.2, 0) is 17.9 Å². The van der Waals surface area contributed by atoms with Crippen LogP contribution in [0.4, 0.5) is 5.69 Å². The van der Waals surface area contributed by atoms with Crippen LogP contribution in [0.5, 0.6) is 0 Å². The monoisotopic (exact) mass is 485 g/mol. The predicted octanol–water partition coefficient (Wildman–Crippen LogP) is 3.37. The van der Waals surface area contributed by atoms with Crippen LogP contribution in [0.2, 0.25) is 0 Å². The maximum absolute atomic E-state index is 11.7. The van der Waals surface area contributed by atoms with Gasteiger partial charge in [-0.25, -0.2) is 4.98 Å². The number of oxazole rings is 1. The van der Waals surface area contributed by atoms with Crippen molar-refractivity contribution in [2.75, 3.05) is 12.4 Å². The van der Waals surface area contributed by atoms with Crippen LogP contribution in [0.15, 0.2) is 33.7 Å². The molecular formula is C19H28IN5O2. The quantitative estimate of drug-likeness (QED) is 0.332. The molecule has 2 rings (SSSR count). The molecular weight excluding hydrogens is 457 g/mol. The average Bonchev–Trinajstić information content (AvgIpc) is 2.94. The van der Waals surface area contributed by atoms with E-state index < -0.39 is 0 Å². The Morgan fingerprint density at radius 2 is 1.78 bits per heavy atom. The number of aliphatic imine (C=N–C) groups is 1. The Bertz CT molecular complexity index is 749. The number of rotatable bonds is 6. The van der Waals surface area contributed by atoms with E-state index in [2.05, 4.69) is 25.9 Å². The van der Waals surface area contributed by atoms with Crippen molar-refractivity contribution in [3.8, 4) is 0 Å². The Morgan fingerprint density at radius 1 is 1.15 bits per heavy atom. The molecule has 0 unspecified atom stereocenters. The summed E-state index contributed by atoms with van der Waals surface area (Å²) in [4.78, 5) is 20.2. The highest BCUT2D eigenvalue weighted by Crippen LogP contribution is 2.11. The molecule has 0 bridgehead atoms. The van der Waals surface area contributed by atoms with E-state index in [1.807, 2.05) is 52.0 Å². The summed E-state index contributed by atoms with van der Waals surface area (Å²) in [5.41, 5.74) is 2.78. The molecule has 0 aliphatic rings. The van der Waals surface area contributed by atoms with Crippen molar-refractivity contribution < 1.29 is 9.21 Å². The van der Waals surface area contributed by atoms with Crippen LogP contribution in [0.25, 0.3) is 0 Å². The molecule has 0 saturated heterocycles. The molecule has 1 aromatic carbocycles. The molecule has 27 heavy (non-hydrogen) atoms. The molecule has 0 aliphatic carbocycles. The smallest absolute Gasteiger partial charge is 0.226 e. The third kappa shape index (κ3) is 7.20. The zero-order valence-electron chi connectivity index (χ0n) is 16.4. The summed E-state index contributed by atoms with van der Waals surface area (Å²) < 4.78 is 5.54. The minimum atomic E-state index is -0.0398. The van der Waals surface area contributed by atoms with Gasteiger partial charge in [0.1, 0.15) is 5.76 Å². The van der Waals surface area contributed by atoms with Gasteiger partial charge >= 0.3 is 0 Å². The van der Waals surface area contributed by atoms with E-state index in [-0.39, 0.29) is 35.8 Å². The number of aromatic nitrogens is 1. The number of nitrogens with one attached hydrogen (secondary N) is 3. The van der Waals surface area contributed by atoms with Gasteiger partial charge in [-0.3, -0.25) is 9.79 Å². The lowest BCUT2D eigenvalue weighted by Gasteiger charge is -2.12. The van der Waals surface area contributed by atoms with Crippen molar-refractivity contribution in [1.82, 2.24) is 15.6 Å². The predicted molar refractivity (Wildman–Crippen MR) is 118 cm³/mol. The molecule has 0 saturated carbocycles. The van der Waals surface area contributed by atoms with Gasteiger partial charge < -0.3 is 20.4 Å². The van der Waals surface area contributed by atoms with E-state index in [9.17, 15) is 4.79 Å². The summed E-state index contributed by atoms with van der Waals surface area (Å²) in [6.07, 6.45) is 0. The standard InChI is InChI=1S/C19H27N5O2.HI/c1-12(2)18(25)24-16-8-6-15(7-9-16)10-21-19(20-5)22-11-17-23-13(3)14(4)26-17;/h6-9,12H,10-11H2,1-5H3,(H,24,25)(H2,20,21,22);1H. The fraction of sp³-hybridized carbons (Fsp3) is 0.421. The van der Waals surface area contributed by atoms with Gasteiger partial charge in [0.25, 0.3) is 0 Å². The van der Waals surface area contributed by atoms with Gasteiger partial charge in [0, 0.05) is 25.2 Å². The molecule has 0 radical (unpaired) electrons. The summed E-state index contributed by atoms with van der Waals surface area (Å²) >= 11 is 0. The van der Waals surface area contributed by atoms with Gasteiger partial charge in [-0.1, -0.05) is 26.0 Å². The zero-order chi connectivity index (χ0) is 19.1. The summed E-state index contributed by atoms with van der Waals surface area (Å²) in [6, 6.07) is 7.73. The van der Waals surface area contributed by atoms with Gasteiger partial charge in [0.15, 0.2) is 5.96 Å². The molecule has 0 fully saturated rings. The number of carbonyl (C=O) groups excluding carboxylic acids is 1. The first-order valence-electron chi connectivity index (χ1n) is 8.66. The molecule has 7 nitrogen and oxygen atoms in total. The number of benzene rings is 1. The van der Waals surface area contributed by atoms with Gasteiger partial charge in [-0.2, -0.15) is 0 Å². The maximum atomic E-state index is 11.7. The van der Waals surface area contributed by atoms with Gasteiger partial charge in [-0.05, 0) is 31.5 Å². The number of carbonyl (C=O) groups is 1. The second-order valence-electron chi connectivity index (χ2n) is 6.37. The number of hydrogen-bond donors (Lipinski definition) is 3. The lowest BCUT2D eigenvalue weighted by molar-refractivity contribution is -0.118. The molecule has 2 aromatic rings. The summed E-state index contributed by atoms with van der Waals surface area (Å²) in [6.45, 7) is 8.63. The van der Waals surface area contributed by atoms with E-state index in [0.29, 0.717) is 24.9 Å². The first-order chi connectivity index (χ1) is 12.4. The van der Waals surface area contributed by atoms with Crippen LogP contribution >= 0.6 is 24.0 Å². The number of hydrogen-bond acceptors (Lipinski definition) is 4. The van der Waals surface area contributed by atoms with E-state index >= 15 is 0 Å². The zero-order valence-corrected chi connectivity index (χ0v) is 18.8. The van der Waals surface area contributed by atoms with Crippen molar-refractivity contribution in [2.24, 2.45) is 10.9 Å². The second kappa shape index (κ2) is 10.9. The van der Waals surface area contributed by atoms with Crippen molar-refractivity contribution in [1.29, 1.82) is 0 Å². The van der Waals surface area contributed by atoms with Crippen LogP contribution in [0, 0.1) is 19.8 Å². The summed E-state index contributed by atoms with van der Waals surface area (Å²) in [5.74, 6) is 2.10. The number of anilines is 1. The molecule has 1 aromatic heterocycles.